The van der Waals surface area contributed by atoms with Gasteiger partial charge >= 0.3 is 0 Å². The summed E-state index contributed by atoms with van der Waals surface area (Å²) in [5, 5.41) is 19.2. The van der Waals surface area contributed by atoms with Crippen LogP contribution in [0, 0.1) is 15.0 Å². The summed E-state index contributed by atoms with van der Waals surface area (Å²) in [6, 6.07) is 3.07. The van der Waals surface area contributed by atoms with E-state index in [1.807, 2.05) is 0 Å². The van der Waals surface area contributed by atoms with Gasteiger partial charge in [-0.25, -0.2) is 0 Å². The molecule has 0 saturated carbocycles. The maximum Gasteiger partial charge on any atom is 0.251 e. The van der Waals surface area contributed by atoms with Gasteiger partial charge in [-0.15, -0.1) is 0 Å². The van der Waals surface area contributed by atoms with Crippen LogP contribution in [0.3, 0.4) is 0 Å². The Labute approximate surface area is 150 Å². The van der Waals surface area contributed by atoms with E-state index >= 15 is 0 Å². The van der Waals surface area contributed by atoms with E-state index in [0.29, 0.717) is 23.2 Å². The number of amides is 2. The topological polar surface area (TPSA) is 131 Å². The molecular formula is C17H20N4O5. The molecule has 2 rings (SSSR count). The summed E-state index contributed by atoms with van der Waals surface area (Å²) in [4.78, 5) is 45.1. The predicted octanol–water partition coefficient (Wildman–Crippen LogP) is 2.05. The van der Waals surface area contributed by atoms with E-state index in [-0.39, 0.29) is 18.9 Å². The number of hydrogen-bond acceptors (Lipinski definition) is 6. The lowest BCUT2D eigenvalue weighted by Crippen LogP contribution is -2.31. The van der Waals surface area contributed by atoms with E-state index < -0.39 is 22.9 Å². The second-order valence-corrected chi connectivity index (χ2v) is 6.10. The Balaban J connectivity index is 2.01. The van der Waals surface area contributed by atoms with E-state index in [1.165, 1.54) is 6.08 Å². The summed E-state index contributed by atoms with van der Waals surface area (Å²) in [5.41, 5.74) is 2.21. The van der Waals surface area contributed by atoms with Gasteiger partial charge in [0.2, 0.25) is 11.9 Å². The Morgan fingerprint density at radius 2 is 2.23 bits per heavy atom. The average Bonchev–Trinajstić information content (AvgIpc) is 2.97. The minimum atomic E-state index is -0.898. The van der Waals surface area contributed by atoms with Gasteiger partial charge in [0.1, 0.15) is 6.04 Å². The predicted molar refractivity (Wildman–Crippen MR) is 95.5 cm³/mol. The molecule has 1 heterocycles. The highest BCUT2D eigenvalue weighted by Gasteiger charge is 2.22. The molecule has 9 nitrogen and oxygen atoms in total. The second kappa shape index (κ2) is 8.32. The summed E-state index contributed by atoms with van der Waals surface area (Å²) in [6.07, 6.45) is 1.93. The van der Waals surface area contributed by atoms with Crippen molar-refractivity contribution < 1.29 is 14.5 Å². The largest absolute Gasteiger partial charge is 0.349 e. The summed E-state index contributed by atoms with van der Waals surface area (Å²) >= 11 is 0. The fourth-order valence-corrected chi connectivity index (χ4v) is 2.85. The molecule has 2 N–H and O–H groups in total. The zero-order chi connectivity index (χ0) is 19.3. The van der Waals surface area contributed by atoms with Crippen molar-refractivity contribution in [1.29, 1.82) is 0 Å². The first-order chi connectivity index (χ1) is 12.3. The van der Waals surface area contributed by atoms with Crippen molar-refractivity contribution in [1.82, 2.24) is 5.32 Å². The van der Waals surface area contributed by atoms with Gasteiger partial charge in [-0.1, -0.05) is 12.1 Å². The van der Waals surface area contributed by atoms with Crippen LogP contribution in [-0.4, -0.2) is 35.4 Å². The van der Waals surface area contributed by atoms with Crippen LogP contribution in [0.25, 0.3) is 0 Å². The number of benzene rings is 1. The van der Waals surface area contributed by atoms with Crippen LogP contribution < -0.4 is 10.6 Å². The van der Waals surface area contributed by atoms with E-state index in [0.717, 1.165) is 5.56 Å². The summed E-state index contributed by atoms with van der Waals surface area (Å²) < 4.78 is 0. The molecule has 0 saturated heterocycles. The van der Waals surface area contributed by atoms with Gasteiger partial charge < -0.3 is 10.6 Å². The molecule has 9 heteroatoms. The highest BCUT2D eigenvalue weighted by atomic mass is 16.6. The molecule has 0 aliphatic carbocycles. The first kappa shape index (κ1) is 19.2. The van der Waals surface area contributed by atoms with Gasteiger partial charge in [0.05, 0.1) is 6.42 Å². The number of carbonyl (C=O) groups is 2. The number of nitro groups is 1. The number of carbonyl (C=O) groups excluding carboxylic acids is 2. The van der Waals surface area contributed by atoms with Crippen LogP contribution in [0.5, 0.6) is 0 Å². The van der Waals surface area contributed by atoms with Gasteiger partial charge in [0.25, 0.3) is 5.91 Å². The fraction of sp³-hybridized carbons (Fsp3) is 0.412. The SMILES string of the molecule is CCC(C(C)=CC(CNC(=O)c1ccc2c(c1)CC(=O)N2)N=O)[N+](=O)[O-]. The van der Waals surface area contributed by atoms with Gasteiger partial charge in [0, 0.05) is 29.1 Å². The van der Waals surface area contributed by atoms with Crippen LogP contribution in [0.1, 0.15) is 36.2 Å². The Bertz CT molecular complexity index is 774. The molecule has 138 valence electrons. The number of rotatable bonds is 8. The van der Waals surface area contributed by atoms with Crippen molar-refractivity contribution in [2.24, 2.45) is 5.18 Å². The Morgan fingerprint density at radius 1 is 1.50 bits per heavy atom. The molecule has 2 amide bonds. The van der Waals surface area contributed by atoms with Crippen molar-refractivity contribution in [3.8, 4) is 0 Å². The van der Waals surface area contributed by atoms with E-state index in [4.69, 9.17) is 0 Å². The van der Waals surface area contributed by atoms with Crippen molar-refractivity contribution in [2.45, 2.75) is 38.8 Å². The van der Waals surface area contributed by atoms with Gasteiger partial charge in [-0.2, -0.15) is 4.91 Å². The van der Waals surface area contributed by atoms with E-state index in [1.54, 1.807) is 32.0 Å². The lowest BCUT2D eigenvalue weighted by Gasteiger charge is -2.11. The lowest BCUT2D eigenvalue weighted by molar-refractivity contribution is -0.512. The third kappa shape index (κ3) is 4.50. The molecule has 1 aromatic rings. The smallest absolute Gasteiger partial charge is 0.251 e. The van der Waals surface area contributed by atoms with Crippen LogP contribution in [-0.2, 0) is 11.2 Å². The minimum Gasteiger partial charge on any atom is -0.349 e. The number of nitroso groups, excluding NO2 is 1. The van der Waals surface area contributed by atoms with Crippen LogP contribution in [0.2, 0.25) is 0 Å². The van der Waals surface area contributed by atoms with Gasteiger partial charge in [0.15, 0.2) is 0 Å². The van der Waals surface area contributed by atoms with E-state index in [2.05, 4.69) is 15.8 Å². The number of anilines is 1. The normalized spacial score (nSPS) is 15.6. The summed E-state index contributed by atoms with van der Waals surface area (Å²) in [5.74, 6) is -0.534. The van der Waals surface area contributed by atoms with Crippen LogP contribution >= 0.6 is 0 Å². The first-order valence-electron chi connectivity index (χ1n) is 8.21. The van der Waals surface area contributed by atoms with Crippen molar-refractivity contribution in [3.63, 3.8) is 0 Å². The zero-order valence-corrected chi connectivity index (χ0v) is 14.5. The number of nitrogens with one attached hydrogen (secondary N) is 2. The summed E-state index contributed by atoms with van der Waals surface area (Å²) in [7, 11) is 0. The van der Waals surface area contributed by atoms with Gasteiger partial charge in [-0.3, -0.25) is 19.7 Å². The third-order valence-electron chi connectivity index (χ3n) is 4.22. The molecule has 1 aromatic carbocycles. The fourth-order valence-electron chi connectivity index (χ4n) is 2.85. The van der Waals surface area contributed by atoms with Crippen LogP contribution in [0.15, 0.2) is 35.0 Å². The molecule has 0 bridgehead atoms. The number of nitrogens with zero attached hydrogens (tertiary/aromatic N) is 2. The van der Waals surface area contributed by atoms with Crippen molar-refractivity contribution in [3.05, 3.63) is 56.0 Å². The molecule has 0 fully saturated rings. The minimum absolute atomic E-state index is 0.0674. The van der Waals surface area contributed by atoms with Gasteiger partial charge in [-0.05, 0) is 42.3 Å². The monoisotopic (exact) mass is 360 g/mol. The molecule has 26 heavy (non-hydrogen) atoms. The Hall–Kier alpha value is -3.10. The maximum absolute atomic E-state index is 12.2. The quantitative estimate of drug-likeness (QED) is 0.317. The molecule has 1 aliphatic heterocycles. The highest BCUT2D eigenvalue weighted by molar-refractivity contribution is 6.01. The molecule has 1 aliphatic rings. The maximum atomic E-state index is 12.2. The van der Waals surface area contributed by atoms with Crippen molar-refractivity contribution >= 4 is 17.5 Å². The second-order valence-electron chi connectivity index (χ2n) is 6.10. The molecule has 0 aromatic heterocycles. The molecule has 2 atom stereocenters. The Morgan fingerprint density at radius 3 is 2.85 bits per heavy atom. The lowest BCUT2D eigenvalue weighted by atomic mass is 10.0. The number of fused-ring (bicyclic) bond motifs is 1. The number of hydrogen-bond donors (Lipinski definition) is 2. The zero-order valence-electron chi connectivity index (χ0n) is 14.5. The molecule has 0 spiro atoms. The summed E-state index contributed by atoms with van der Waals surface area (Å²) in [6.45, 7) is 3.19. The third-order valence-corrected chi connectivity index (χ3v) is 4.22. The Kier molecular flexibility index (Phi) is 6.16. The molecule has 0 radical (unpaired) electrons. The van der Waals surface area contributed by atoms with E-state index in [9.17, 15) is 24.6 Å². The average molecular weight is 360 g/mol. The van der Waals surface area contributed by atoms with Crippen LogP contribution in [0.4, 0.5) is 5.69 Å². The standard InChI is InChI=1S/C17H20N4O5/c1-3-15(21(25)26)10(2)6-13(20-24)9-18-17(23)11-4-5-14-12(7-11)8-16(22)19-14/h4-7,13,15H,3,8-9H2,1-2H3,(H,18,23)(H,19,22). The molecular weight excluding hydrogens is 340 g/mol. The highest BCUT2D eigenvalue weighted by Crippen LogP contribution is 2.23. The van der Waals surface area contributed by atoms with Crippen molar-refractivity contribution in [2.75, 3.05) is 11.9 Å². The molecule has 2 unspecified atom stereocenters. The first-order valence-corrected chi connectivity index (χ1v) is 8.21.